The zero-order valence-electron chi connectivity index (χ0n) is 13.2. The molecule has 5 nitrogen and oxygen atoms in total. The molecule has 1 aromatic rings. The minimum Gasteiger partial charge on any atom is -0.315 e. The van der Waals surface area contributed by atoms with Crippen molar-refractivity contribution in [3.63, 3.8) is 0 Å². The summed E-state index contributed by atoms with van der Waals surface area (Å²) in [5.41, 5.74) is -0.132. The van der Waals surface area contributed by atoms with Gasteiger partial charge >= 0.3 is 0 Å². The van der Waals surface area contributed by atoms with E-state index in [-0.39, 0.29) is 5.41 Å². The molecule has 0 aliphatic heterocycles. The Balaban J connectivity index is 2.82. The first kappa shape index (κ1) is 19.1. The number of halogens is 1. The first-order valence-electron chi connectivity index (χ1n) is 6.64. The number of hydrogen-bond donors (Lipinski definition) is 2. The van der Waals surface area contributed by atoms with Crippen molar-refractivity contribution in [1.82, 2.24) is 14.9 Å². The summed E-state index contributed by atoms with van der Waals surface area (Å²) in [5, 5.41) is 3.02. The molecule has 0 unspecified atom stereocenters. The summed E-state index contributed by atoms with van der Waals surface area (Å²) in [6.07, 6.45) is 0. The number of nitrogens with one attached hydrogen (secondary N) is 2. The van der Waals surface area contributed by atoms with Crippen molar-refractivity contribution in [2.45, 2.75) is 25.3 Å². The third-order valence-electron chi connectivity index (χ3n) is 2.83. The highest BCUT2D eigenvalue weighted by atomic mass is 79.9. The number of rotatable bonds is 8. The number of nitrogens with zero attached hydrogens (tertiary/aromatic N) is 1. The lowest BCUT2D eigenvalue weighted by molar-refractivity contribution is 0.242. The lowest BCUT2D eigenvalue weighted by Crippen LogP contribution is -2.39. The van der Waals surface area contributed by atoms with Gasteiger partial charge in [0.2, 0.25) is 10.0 Å². The van der Waals surface area contributed by atoms with Gasteiger partial charge in [-0.25, -0.2) is 13.1 Å². The second-order valence-electron chi connectivity index (χ2n) is 6.11. The van der Waals surface area contributed by atoms with Crippen molar-refractivity contribution in [2.75, 3.05) is 34.2 Å². The molecule has 122 valence electrons. The molecule has 2 N–H and O–H groups in total. The Morgan fingerprint density at radius 3 is 2.52 bits per heavy atom. The molecule has 0 aliphatic rings. The Labute approximate surface area is 140 Å². The SMILES string of the molecule is CNCc1cc(S(=O)(=O)NCC(C)(C)CN(C)C)c(Br)s1. The average Bonchev–Trinajstić information content (AvgIpc) is 2.68. The van der Waals surface area contributed by atoms with Gasteiger partial charge in [0.1, 0.15) is 4.90 Å². The Kier molecular flexibility index (Phi) is 6.82. The van der Waals surface area contributed by atoms with Gasteiger partial charge in [-0.15, -0.1) is 11.3 Å². The van der Waals surface area contributed by atoms with Crippen molar-refractivity contribution >= 4 is 37.3 Å². The molecule has 0 aliphatic carbocycles. The van der Waals surface area contributed by atoms with Crippen LogP contribution >= 0.6 is 27.3 Å². The minimum absolute atomic E-state index is 0.132. The van der Waals surface area contributed by atoms with E-state index in [0.29, 0.717) is 21.8 Å². The molecule has 8 heteroatoms. The second-order valence-corrected chi connectivity index (χ2v) is 10.3. The smallest absolute Gasteiger partial charge is 0.242 e. The molecule has 0 bridgehead atoms. The van der Waals surface area contributed by atoms with Crippen LogP contribution in [0, 0.1) is 5.41 Å². The molecular formula is C13H24BrN3O2S2. The van der Waals surface area contributed by atoms with Gasteiger partial charge in [-0.3, -0.25) is 0 Å². The molecule has 0 aromatic carbocycles. The highest BCUT2D eigenvalue weighted by Crippen LogP contribution is 2.31. The zero-order valence-corrected chi connectivity index (χ0v) is 16.4. The highest BCUT2D eigenvalue weighted by Gasteiger charge is 2.25. The lowest BCUT2D eigenvalue weighted by atomic mass is 9.93. The van der Waals surface area contributed by atoms with Gasteiger partial charge < -0.3 is 10.2 Å². The van der Waals surface area contributed by atoms with Crippen LogP contribution < -0.4 is 10.0 Å². The Hall–Kier alpha value is 0.01000. The molecule has 1 heterocycles. The van der Waals surface area contributed by atoms with Crippen LogP contribution in [0.2, 0.25) is 0 Å². The van der Waals surface area contributed by atoms with Gasteiger partial charge in [0.15, 0.2) is 0 Å². The Morgan fingerprint density at radius 2 is 2.00 bits per heavy atom. The molecular weight excluding hydrogens is 374 g/mol. The van der Waals surface area contributed by atoms with Crippen molar-refractivity contribution in [3.05, 3.63) is 14.7 Å². The lowest BCUT2D eigenvalue weighted by Gasteiger charge is -2.28. The van der Waals surface area contributed by atoms with Gasteiger partial charge in [0, 0.05) is 24.5 Å². The summed E-state index contributed by atoms with van der Waals surface area (Å²) in [5.74, 6) is 0. The van der Waals surface area contributed by atoms with E-state index in [2.05, 4.69) is 30.9 Å². The van der Waals surface area contributed by atoms with Gasteiger partial charge in [0.05, 0.1) is 3.79 Å². The fraction of sp³-hybridized carbons (Fsp3) is 0.692. The van der Waals surface area contributed by atoms with Crippen molar-refractivity contribution in [2.24, 2.45) is 5.41 Å². The maximum Gasteiger partial charge on any atom is 0.242 e. The predicted molar refractivity (Wildman–Crippen MR) is 92.3 cm³/mol. The van der Waals surface area contributed by atoms with Gasteiger partial charge in [-0.05, 0) is 48.6 Å². The minimum atomic E-state index is -3.49. The fourth-order valence-electron chi connectivity index (χ4n) is 2.12. The summed E-state index contributed by atoms with van der Waals surface area (Å²) in [6.45, 7) is 5.96. The van der Waals surface area contributed by atoms with E-state index in [1.54, 1.807) is 6.07 Å². The predicted octanol–water partition coefficient (Wildman–Crippen LogP) is 2.10. The van der Waals surface area contributed by atoms with E-state index in [1.165, 1.54) is 11.3 Å². The molecule has 0 spiro atoms. The molecule has 1 rings (SSSR count). The molecule has 0 saturated carbocycles. The van der Waals surface area contributed by atoms with E-state index in [4.69, 9.17) is 0 Å². The fourth-order valence-corrected chi connectivity index (χ4v) is 6.06. The summed E-state index contributed by atoms with van der Waals surface area (Å²) in [6, 6.07) is 1.71. The molecule has 1 aromatic heterocycles. The van der Waals surface area contributed by atoms with Crippen LogP contribution in [0.5, 0.6) is 0 Å². The number of thiophene rings is 1. The standard InChI is InChI=1S/C13H24BrN3O2S2/c1-13(2,9-17(4)5)8-16-21(18,19)11-6-10(7-15-3)20-12(11)14/h6,15-16H,7-9H2,1-5H3. The van der Waals surface area contributed by atoms with Crippen molar-refractivity contribution < 1.29 is 8.42 Å². The Bertz CT molecular complexity index is 568. The number of sulfonamides is 1. The van der Waals surface area contributed by atoms with Crippen LogP contribution in [0.1, 0.15) is 18.7 Å². The van der Waals surface area contributed by atoms with Crippen LogP contribution in [0.25, 0.3) is 0 Å². The summed E-state index contributed by atoms with van der Waals surface area (Å²) >= 11 is 4.78. The van der Waals surface area contributed by atoms with Gasteiger partial charge in [-0.2, -0.15) is 0 Å². The van der Waals surface area contributed by atoms with Crippen LogP contribution in [-0.2, 0) is 16.6 Å². The quantitative estimate of drug-likeness (QED) is 0.704. The highest BCUT2D eigenvalue weighted by molar-refractivity contribution is 9.11. The van der Waals surface area contributed by atoms with E-state index < -0.39 is 10.0 Å². The van der Waals surface area contributed by atoms with Gasteiger partial charge in [-0.1, -0.05) is 13.8 Å². The van der Waals surface area contributed by atoms with E-state index in [0.717, 1.165) is 11.4 Å². The van der Waals surface area contributed by atoms with Crippen LogP contribution in [0.3, 0.4) is 0 Å². The molecule has 0 radical (unpaired) electrons. The molecule has 0 atom stereocenters. The Morgan fingerprint density at radius 1 is 1.38 bits per heavy atom. The third-order valence-corrected chi connectivity index (χ3v) is 6.49. The largest absolute Gasteiger partial charge is 0.315 e. The normalized spacial score (nSPS) is 13.1. The van der Waals surface area contributed by atoms with Crippen molar-refractivity contribution in [1.29, 1.82) is 0 Å². The maximum absolute atomic E-state index is 12.4. The molecule has 0 fully saturated rings. The maximum atomic E-state index is 12.4. The van der Waals surface area contributed by atoms with Crippen LogP contribution in [-0.4, -0.2) is 47.6 Å². The topological polar surface area (TPSA) is 61.4 Å². The monoisotopic (exact) mass is 397 g/mol. The third kappa shape index (κ3) is 5.96. The first-order chi connectivity index (χ1) is 9.57. The second kappa shape index (κ2) is 7.52. The van der Waals surface area contributed by atoms with E-state index in [1.807, 2.05) is 35.0 Å². The van der Waals surface area contributed by atoms with Crippen LogP contribution in [0.4, 0.5) is 0 Å². The summed E-state index contributed by atoms with van der Waals surface area (Å²) in [7, 11) is 2.31. The summed E-state index contributed by atoms with van der Waals surface area (Å²) in [4.78, 5) is 3.36. The molecule has 0 amide bonds. The van der Waals surface area contributed by atoms with Crippen LogP contribution in [0.15, 0.2) is 14.7 Å². The van der Waals surface area contributed by atoms with E-state index in [9.17, 15) is 8.42 Å². The molecule has 21 heavy (non-hydrogen) atoms. The van der Waals surface area contributed by atoms with Gasteiger partial charge in [0.25, 0.3) is 0 Å². The average molecular weight is 398 g/mol. The zero-order chi connectivity index (χ0) is 16.3. The number of hydrogen-bond acceptors (Lipinski definition) is 5. The first-order valence-corrected chi connectivity index (χ1v) is 9.74. The van der Waals surface area contributed by atoms with Crippen molar-refractivity contribution in [3.8, 4) is 0 Å². The molecule has 0 saturated heterocycles. The summed E-state index contributed by atoms with van der Waals surface area (Å²) < 4.78 is 28.2. The van der Waals surface area contributed by atoms with E-state index >= 15 is 0 Å².